The van der Waals surface area contributed by atoms with Crippen LogP contribution < -0.4 is 21.5 Å². The van der Waals surface area contributed by atoms with Gasteiger partial charge in [0.05, 0.1) is 29.2 Å². The second kappa shape index (κ2) is 10.8. The summed E-state index contributed by atoms with van der Waals surface area (Å²) in [6.45, 7) is 5.05. The average Bonchev–Trinajstić information content (AvgIpc) is 3.01. The normalized spacial score (nSPS) is 19.3. The molecule has 0 fully saturated rings. The van der Waals surface area contributed by atoms with Crippen molar-refractivity contribution in [2.24, 2.45) is 5.14 Å². The Hall–Kier alpha value is -1.92. The molecule has 6 N–H and O–H groups in total. The van der Waals surface area contributed by atoms with E-state index in [1.807, 2.05) is 26.0 Å². The van der Waals surface area contributed by atoms with Gasteiger partial charge in [-0.25, -0.2) is 9.97 Å². The van der Waals surface area contributed by atoms with E-state index in [1.54, 1.807) is 24.7 Å². The van der Waals surface area contributed by atoms with Crippen LogP contribution in [0.1, 0.15) is 49.2 Å². The zero-order valence-corrected chi connectivity index (χ0v) is 21.4. The Morgan fingerprint density at radius 1 is 1.24 bits per heavy atom. The van der Waals surface area contributed by atoms with Crippen molar-refractivity contribution in [3.63, 3.8) is 0 Å². The third-order valence-corrected chi connectivity index (χ3v) is 8.58. The lowest BCUT2D eigenvalue weighted by molar-refractivity contribution is 0.400. The average molecular weight is 518 g/mol. The lowest BCUT2D eigenvalue weighted by Gasteiger charge is -2.29. The molecule has 3 aromatic rings. The van der Waals surface area contributed by atoms with E-state index in [0.29, 0.717) is 17.4 Å². The summed E-state index contributed by atoms with van der Waals surface area (Å²) >= 11 is 6.21. The maximum Gasteiger partial charge on any atom is 0.151 e. The van der Waals surface area contributed by atoms with Gasteiger partial charge in [-0.05, 0) is 37.5 Å². The molecule has 1 aliphatic heterocycles. The number of hydrogen-bond donors (Lipinski definition) is 4. The van der Waals surface area contributed by atoms with Crippen molar-refractivity contribution in [2.45, 2.75) is 53.6 Å². The number of nitrogens with one attached hydrogen (secondary N) is 2. The van der Waals surface area contributed by atoms with Gasteiger partial charge in [0, 0.05) is 41.6 Å². The van der Waals surface area contributed by atoms with Crippen LogP contribution in [0.4, 0.5) is 5.82 Å². The van der Waals surface area contributed by atoms with Crippen molar-refractivity contribution in [1.29, 1.82) is 0 Å². The quantitative estimate of drug-likeness (QED) is 0.346. The molecular weight excluding hydrogens is 490 g/mol. The summed E-state index contributed by atoms with van der Waals surface area (Å²) in [5.41, 5.74) is 9.09. The van der Waals surface area contributed by atoms with Crippen LogP contribution in [0, 0.1) is 0 Å². The third-order valence-electron chi connectivity index (χ3n) is 5.86. The third kappa shape index (κ3) is 5.83. The van der Waals surface area contributed by atoms with Gasteiger partial charge in [-0.2, -0.15) is 5.14 Å². The maximum absolute atomic E-state index is 11.9. The van der Waals surface area contributed by atoms with Crippen LogP contribution >= 0.6 is 23.4 Å². The minimum atomic E-state index is -1.43. The van der Waals surface area contributed by atoms with E-state index in [1.165, 1.54) is 22.9 Å². The standard InChI is InChI=1S/C23H28ClN7OS2/c1-23(2,34(26)32)13-31-16-9-17(28-10-14-5-3-4-6-15(14)16)18-11-30-20(12-29-18)33-19-7-8-27-22(25)21(19)24/h3-8,11-12,16-17,28,31H,9-10,13,26H2,1-2H3,(H2,25,27)/t16-,17-,34-/m1/s1. The van der Waals surface area contributed by atoms with Crippen molar-refractivity contribution < 1.29 is 4.55 Å². The van der Waals surface area contributed by atoms with Gasteiger partial charge in [-0.15, -0.1) is 0 Å². The molecule has 0 bridgehead atoms. The van der Waals surface area contributed by atoms with Crippen LogP contribution in [-0.4, -0.2) is 30.8 Å². The molecule has 0 radical (unpaired) electrons. The Morgan fingerprint density at radius 2 is 2.03 bits per heavy atom. The fourth-order valence-electron chi connectivity index (χ4n) is 3.76. The number of nitrogens with zero attached hydrogens (tertiary/aromatic N) is 3. The second-order valence-electron chi connectivity index (χ2n) is 8.75. The van der Waals surface area contributed by atoms with Crippen LogP contribution in [0.25, 0.3) is 0 Å². The number of nitrogen functional groups attached to an aromatic ring is 1. The number of halogens is 1. The smallest absolute Gasteiger partial charge is 0.151 e. The summed E-state index contributed by atoms with van der Waals surface area (Å²) in [5.74, 6) is 0.290. The number of benzene rings is 1. The highest BCUT2D eigenvalue weighted by Crippen LogP contribution is 2.35. The molecule has 0 saturated carbocycles. The van der Waals surface area contributed by atoms with E-state index >= 15 is 0 Å². The van der Waals surface area contributed by atoms with Crippen LogP contribution in [0.5, 0.6) is 0 Å². The first-order valence-corrected chi connectivity index (χ1v) is 13.3. The summed E-state index contributed by atoms with van der Waals surface area (Å²) in [6.07, 6.45) is 5.92. The summed E-state index contributed by atoms with van der Waals surface area (Å²) in [5, 5.41) is 14.0. The maximum atomic E-state index is 11.9. The van der Waals surface area contributed by atoms with Crippen molar-refractivity contribution in [3.8, 4) is 0 Å². The van der Waals surface area contributed by atoms with Gasteiger partial charge >= 0.3 is 0 Å². The Bertz CT molecular complexity index is 1130. The number of nitrogens with two attached hydrogens (primary N) is 2. The molecule has 0 unspecified atom stereocenters. The van der Waals surface area contributed by atoms with Crippen molar-refractivity contribution >= 4 is 40.5 Å². The fourth-order valence-corrected chi connectivity index (χ4v) is 4.98. The molecule has 4 rings (SSSR count). The van der Waals surface area contributed by atoms with Crippen molar-refractivity contribution in [3.05, 3.63) is 70.8 Å². The van der Waals surface area contributed by atoms with E-state index < -0.39 is 16.1 Å². The molecule has 1 aliphatic rings. The Morgan fingerprint density at radius 3 is 2.76 bits per heavy atom. The fraction of sp³-hybridized carbons (Fsp3) is 0.348. The van der Waals surface area contributed by atoms with E-state index in [4.69, 9.17) is 27.5 Å². The highest BCUT2D eigenvalue weighted by molar-refractivity contribution is 7.99. The first-order valence-electron chi connectivity index (χ1n) is 10.8. The van der Waals surface area contributed by atoms with Gasteiger partial charge < -0.3 is 20.9 Å². The first-order chi connectivity index (χ1) is 16.2. The number of aromatic nitrogens is 3. The van der Waals surface area contributed by atoms with Crippen molar-refractivity contribution in [2.75, 3.05) is 12.3 Å². The van der Waals surface area contributed by atoms with Gasteiger partial charge in [-0.1, -0.05) is 47.6 Å². The molecule has 3 heterocycles. The zero-order valence-electron chi connectivity index (χ0n) is 19.0. The lowest BCUT2D eigenvalue weighted by atomic mass is 9.96. The Labute approximate surface area is 212 Å². The van der Waals surface area contributed by atoms with E-state index in [2.05, 4.69) is 32.7 Å². The van der Waals surface area contributed by atoms with Crippen LogP contribution in [-0.2, 0) is 17.9 Å². The van der Waals surface area contributed by atoms with Gasteiger partial charge in [-0.3, -0.25) is 4.98 Å². The number of hydrogen-bond acceptors (Lipinski definition) is 9. The summed E-state index contributed by atoms with van der Waals surface area (Å²) in [7, 11) is 0. The first kappa shape index (κ1) is 25.2. The number of anilines is 1. The highest BCUT2D eigenvalue weighted by atomic mass is 35.5. The number of fused-ring (bicyclic) bond motifs is 1. The molecule has 11 heteroatoms. The second-order valence-corrected chi connectivity index (χ2v) is 11.9. The van der Waals surface area contributed by atoms with Gasteiger partial charge in [0.1, 0.15) is 10.8 Å². The largest absolute Gasteiger partial charge is 0.598 e. The number of rotatable bonds is 7. The highest BCUT2D eigenvalue weighted by Gasteiger charge is 2.33. The molecule has 1 aromatic carbocycles. The Balaban J connectivity index is 1.52. The molecule has 0 aliphatic carbocycles. The minimum absolute atomic E-state index is 0.0110. The van der Waals surface area contributed by atoms with E-state index in [0.717, 1.165) is 28.6 Å². The SMILES string of the molecule is CC(C)(CN[C@@H]1C[C@H](c2cnc(Sc3ccnc(N)c3Cl)cn2)NCc2ccccc21)[S@+](N)[O-]. The summed E-state index contributed by atoms with van der Waals surface area (Å²) < 4.78 is 11.4. The predicted molar refractivity (Wildman–Crippen MR) is 138 cm³/mol. The molecule has 0 saturated heterocycles. The Kier molecular flexibility index (Phi) is 7.98. The minimum Gasteiger partial charge on any atom is -0.598 e. The molecular formula is C23H28ClN7OS2. The lowest BCUT2D eigenvalue weighted by Crippen LogP contribution is -2.47. The summed E-state index contributed by atoms with van der Waals surface area (Å²) in [6, 6.07) is 10.2. The molecule has 180 valence electrons. The molecule has 0 amide bonds. The number of pyridine rings is 1. The van der Waals surface area contributed by atoms with Crippen molar-refractivity contribution in [1.82, 2.24) is 25.6 Å². The van der Waals surface area contributed by atoms with Crippen LogP contribution in [0.3, 0.4) is 0 Å². The topological polar surface area (TPSA) is 138 Å². The zero-order chi connectivity index (χ0) is 24.3. The molecule has 0 spiro atoms. The molecule has 3 atom stereocenters. The summed E-state index contributed by atoms with van der Waals surface area (Å²) in [4.78, 5) is 14.1. The van der Waals surface area contributed by atoms with E-state index in [9.17, 15) is 4.55 Å². The van der Waals surface area contributed by atoms with Gasteiger partial charge in [0.15, 0.2) is 4.75 Å². The van der Waals surface area contributed by atoms with Gasteiger partial charge in [0.25, 0.3) is 0 Å². The van der Waals surface area contributed by atoms with Crippen LogP contribution in [0.15, 0.2) is 58.8 Å². The molecule has 8 nitrogen and oxygen atoms in total. The van der Waals surface area contributed by atoms with Gasteiger partial charge in [0.2, 0.25) is 0 Å². The van der Waals surface area contributed by atoms with Crippen LogP contribution in [0.2, 0.25) is 5.02 Å². The molecule has 2 aromatic heterocycles. The predicted octanol–water partition coefficient (Wildman–Crippen LogP) is 3.52. The van der Waals surface area contributed by atoms with E-state index in [-0.39, 0.29) is 12.1 Å². The molecule has 34 heavy (non-hydrogen) atoms. The monoisotopic (exact) mass is 517 g/mol.